The van der Waals surface area contributed by atoms with Crippen molar-refractivity contribution >= 4 is 17.6 Å². The molecule has 0 radical (unpaired) electrons. The van der Waals surface area contributed by atoms with Crippen molar-refractivity contribution in [3.8, 4) is 0 Å². The van der Waals surface area contributed by atoms with E-state index < -0.39 is 23.5 Å². The van der Waals surface area contributed by atoms with E-state index in [1.807, 2.05) is 0 Å². The SMILES string of the molecule is Cc1cc(NC(=O)c2ccc(F)cc2F)ccc1C(=O)O. The molecule has 2 aromatic rings. The standard InChI is InChI=1S/C15H11F2NO3/c1-8-6-10(3-5-11(8)15(20)21)18-14(19)12-4-2-9(16)7-13(12)17/h2-7H,1H3,(H,18,19)(H,20,21). The molecule has 0 aliphatic rings. The first-order valence-corrected chi connectivity index (χ1v) is 5.99. The van der Waals surface area contributed by atoms with Crippen LogP contribution in [0.4, 0.5) is 14.5 Å². The van der Waals surface area contributed by atoms with E-state index >= 15 is 0 Å². The van der Waals surface area contributed by atoms with E-state index in [0.717, 1.165) is 12.1 Å². The lowest BCUT2D eigenvalue weighted by Gasteiger charge is -2.08. The highest BCUT2D eigenvalue weighted by atomic mass is 19.1. The molecule has 108 valence electrons. The van der Waals surface area contributed by atoms with Gasteiger partial charge >= 0.3 is 5.97 Å². The number of amides is 1. The van der Waals surface area contributed by atoms with Crippen molar-refractivity contribution in [3.05, 3.63) is 64.7 Å². The van der Waals surface area contributed by atoms with Gasteiger partial charge in [-0.25, -0.2) is 13.6 Å². The zero-order chi connectivity index (χ0) is 15.6. The fourth-order valence-corrected chi connectivity index (χ4v) is 1.85. The highest BCUT2D eigenvalue weighted by Gasteiger charge is 2.14. The van der Waals surface area contributed by atoms with Crippen LogP contribution in [-0.2, 0) is 0 Å². The number of hydrogen-bond acceptors (Lipinski definition) is 2. The molecule has 2 aromatic carbocycles. The number of halogens is 2. The summed E-state index contributed by atoms with van der Waals surface area (Å²) in [6, 6.07) is 6.84. The molecule has 0 bridgehead atoms. The zero-order valence-electron chi connectivity index (χ0n) is 11.0. The Kier molecular flexibility index (Phi) is 3.98. The molecule has 2 rings (SSSR count). The summed E-state index contributed by atoms with van der Waals surface area (Å²) in [7, 11) is 0. The number of benzene rings is 2. The molecular formula is C15H11F2NO3. The Morgan fingerprint density at radius 1 is 1.05 bits per heavy atom. The van der Waals surface area contributed by atoms with Crippen LogP contribution in [0.15, 0.2) is 36.4 Å². The average Bonchev–Trinajstić information content (AvgIpc) is 2.37. The molecule has 0 saturated heterocycles. The van der Waals surface area contributed by atoms with Gasteiger partial charge in [0, 0.05) is 11.8 Å². The Morgan fingerprint density at radius 3 is 2.29 bits per heavy atom. The van der Waals surface area contributed by atoms with Crippen molar-refractivity contribution in [1.82, 2.24) is 0 Å². The molecule has 21 heavy (non-hydrogen) atoms. The molecule has 0 spiro atoms. The maximum atomic E-state index is 13.5. The lowest BCUT2D eigenvalue weighted by molar-refractivity contribution is 0.0696. The van der Waals surface area contributed by atoms with Gasteiger partial charge in [-0.05, 0) is 42.8 Å². The van der Waals surface area contributed by atoms with Crippen LogP contribution in [0.2, 0.25) is 0 Å². The van der Waals surface area contributed by atoms with Crippen molar-refractivity contribution in [3.63, 3.8) is 0 Å². The number of rotatable bonds is 3. The second kappa shape index (κ2) is 5.70. The quantitative estimate of drug-likeness (QED) is 0.912. The Balaban J connectivity index is 2.23. The second-order valence-electron chi connectivity index (χ2n) is 4.41. The first-order chi connectivity index (χ1) is 9.88. The van der Waals surface area contributed by atoms with E-state index in [1.165, 1.54) is 18.2 Å². The van der Waals surface area contributed by atoms with E-state index in [-0.39, 0.29) is 11.1 Å². The fourth-order valence-electron chi connectivity index (χ4n) is 1.85. The Hall–Kier alpha value is -2.76. The number of carboxylic acids is 1. The van der Waals surface area contributed by atoms with Crippen LogP contribution in [0, 0.1) is 18.6 Å². The summed E-state index contributed by atoms with van der Waals surface area (Å²) < 4.78 is 26.3. The van der Waals surface area contributed by atoms with Crippen LogP contribution < -0.4 is 5.32 Å². The molecule has 6 heteroatoms. The van der Waals surface area contributed by atoms with E-state index in [0.29, 0.717) is 17.3 Å². The van der Waals surface area contributed by atoms with Crippen molar-refractivity contribution in [2.45, 2.75) is 6.92 Å². The normalized spacial score (nSPS) is 10.2. The maximum Gasteiger partial charge on any atom is 0.335 e. The van der Waals surface area contributed by atoms with Gasteiger partial charge < -0.3 is 10.4 Å². The summed E-state index contributed by atoms with van der Waals surface area (Å²) in [5.41, 5.74) is 0.600. The van der Waals surface area contributed by atoms with Gasteiger partial charge in [0.2, 0.25) is 0 Å². The van der Waals surface area contributed by atoms with Crippen molar-refractivity contribution in [2.75, 3.05) is 5.32 Å². The van der Waals surface area contributed by atoms with Gasteiger partial charge in [0.1, 0.15) is 11.6 Å². The van der Waals surface area contributed by atoms with E-state index in [9.17, 15) is 18.4 Å². The predicted molar refractivity (Wildman–Crippen MR) is 72.4 cm³/mol. The third-order valence-corrected chi connectivity index (χ3v) is 2.89. The number of aryl methyl sites for hydroxylation is 1. The van der Waals surface area contributed by atoms with Crippen LogP contribution >= 0.6 is 0 Å². The minimum absolute atomic E-state index is 0.112. The topological polar surface area (TPSA) is 66.4 Å². The summed E-state index contributed by atoms with van der Waals surface area (Å²) in [5, 5.41) is 11.3. The number of aromatic carboxylic acids is 1. The third kappa shape index (κ3) is 3.22. The summed E-state index contributed by atoms with van der Waals surface area (Å²) in [5.74, 6) is -3.55. The van der Waals surface area contributed by atoms with Crippen molar-refractivity contribution in [2.24, 2.45) is 0 Å². The van der Waals surface area contributed by atoms with Gasteiger partial charge in [0.15, 0.2) is 0 Å². The van der Waals surface area contributed by atoms with Gasteiger partial charge in [0.05, 0.1) is 11.1 Å². The van der Waals surface area contributed by atoms with Gasteiger partial charge in [0.25, 0.3) is 5.91 Å². The number of hydrogen-bond donors (Lipinski definition) is 2. The molecule has 0 unspecified atom stereocenters. The summed E-state index contributed by atoms with van der Waals surface area (Å²) in [6.45, 7) is 1.58. The van der Waals surface area contributed by atoms with Crippen LogP contribution in [0.5, 0.6) is 0 Å². The van der Waals surface area contributed by atoms with Crippen LogP contribution in [0.25, 0.3) is 0 Å². The van der Waals surface area contributed by atoms with Crippen LogP contribution in [0.1, 0.15) is 26.3 Å². The fraction of sp³-hybridized carbons (Fsp3) is 0.0667. The average molecular weight is 291 g/mol. The zero-order valence-corrected chi connectivity index (χ0v) is 11.0. The number of carbonyl (C=O) groups is 2. The minimum atomic E-state index is -1.07. The Labute approximate surface area is 119 Å². The lowest BCUT2D eigenvalue weighted by atomic mass is 10.1. The van der Waals surface area contributed by atoms with Crippen LogP contribution in [0.3, 0.4) is 0 Å². The molecule has 0 fully saturated rings. The van der Waals surface area contributed by atoms with Gasteiger partial charge in [-0.3, -0.25) is 4.79 Å². The molecule has 0 heterocycles. The first kappa shape index (κ1) is 14.6. The highest BCUT2D eigenvalue weighted by molar-refractivity contribution is 6.04. The molecule has 2 N–H and O–H groups in total. The predicted octanol–water partition coefficient (Wildman–Crippen LogP) is 3.22. The summed E-state index contributed by atoms with van der Waals surface area (Å²) in [4.78, 5) is 22.8. The number of carbonyl (C=O) groups excluding carboxylic acids is 1. The van der Waals surface area contributed by atoms with E-state index in [2.05, 4.69) is 5.32 Å². The van der Waals surface area contributed by atoms with Crippen LogP contribution in [-0.4, -0.2) is 17.0 Å². The molecular weight excluding hydrogens is 280 g/mol. The molecule has 0 aromatic heterocycles. The minimum Gasteiger partial charge on any atom is -0.478 e. The van der Waals surface area contributed by atoms with Gasteiger partial charge in [-0.15, -0.1) is 0 Å². The van der Waals surface area contributed by atoms with E-state index in [1.54, 1.807) is 6.92 Å². The first-order valence-electron chi connectivity index (χ1n) is 5.99. The highest BCUT2D eigenvalue weighted by Crippen LogP contribution is 2.17. The number of nitrogens with one attached hydrogen (secondary N) is 1. The molecule has 1 amide bonds. The molecule has 0 saturated carbocycles. The summed E-state index contributed by atoms with van der Waals surface area (Å²) in [6.07, 6.45) is 0. The van der Waals surface area contributed by atoms with E-state index in [4.69, 9.17) is 5.11 Å². The maximum absolute atomic E-state index is 13.5. The molecule has 0 aliphatic carbocycles. The second-order valence-corrected chi connectivity index (χ2v) is 4.41. The summed E-state index contributed by atoms with van der Waals surface area (Å²) >= 11 is 0. The number of anilines is 1. The monoisotopic (exact) mass is 291 g/mol. The molecule has 0 atom stereocenters. The largest absolute Gasteiger partial charge is 0.478 e. The number of carboxylic acid groups (broad SMARTS) is 1. The van der Waals surface area contributed by atoms with Crippen molar-refractivity contribution in [1.29, 1.82) is 0 Å². The molecule has 0 aliphatic heterocycles. The van der Waals surface area contributed by atoms with Gasteiger partial charge in [-0.1, -0.05) is 0 Å². The third-order valence-electron chi connectivity index (χ3n) is 2.89. The van der Waals surface area contributed by atoms with Gasteiger partial charge in [-0.2, -0.15) is 0 Å². The molecule has 4 nitrogen and oxygen atoms in total. The Morgan fingerprint density at radius 2 is 1.71 bits per heavy atom. The van der Waals surface area contributed by atoms with Crippen molar-refractivity contribution < 1.29 is 23.5 Å². The Bertz CT molecular complexity index is 729. The lowest BCUT2D eigenvalue weighted by Crippen LogP contribution is -2.14. The smallest absolute Gasteiger partial charge is 0.335 e.